The number of urea groups is 1. The van der Waals surface area contributed by atoms with E-state index in [1.54, 1.807) is 4.90 Å². The summed E-state index contributed by atoms with van der Waals surface area (Å²) >= 11 is 0. The molecule has 0 radical (unpaired) electrons. The highest BCUT2D eigenvalue weighted by Crippen LogP contribution is 2.23. The molecule has 1 unspecified atom stereocenters. The average molecular weight is 364 g/mol. The van der Waals surface area contributed by atoms with Crippen LogP contribution < -0.4 is 5.32 Å². The zero-order chi connectivity index (χ0) is 18.2. The number of aromatic amines is 1. The van der Waals surface area contributed by atoms with Gasteiger partial charge in [0.15, 0.2) is 9.84 Å². The van der Waals surface area contributed by atoms with Gasteiger partial charge in [-0.2, -0.15) is 0 Å². The molecule has 1 aliphatic rings. The monoisotopic (exact) mass is 364 g/mol. The number of benzene rings is 1. The van der Waals surface area contributed by atoms with E-state index < -0.39 is 9.84 Å². The Hall–Kier alpha value is -2.09. The summed E-state index contributed by atoms with van der Waals surface area (Å²) in [6, 6.07) is 5.48. The van der Waals surface area contributed by atoms with E-state index in [4.69, 9.17) is 0 Å². The standard InChI is InChI=1S/C17H24N4O3S/c1-11(2)15(16-18-13-5-4-12(3)10-14(13)19-16)20-17(22)21-6-8-25(23,24)9-7-21/h4-5,10-11,15H,6-9H2,1-3H3,(H,18,19)(H,20,22). The maximum absolute atomic E-state index is 12.5. The molecule has 1 aromatic carbocycles. The van der Waals surface area contributed by atoms with E-state index in [9.17, 15) is 13.2 Å². The molecule has 1 saturated heterocycles. The lowest BCUT2D eigenvalue weighted by Gasteiger charge is -2.29. The van der Waals surface area contributed by atoms with Crippen molar-refractivity contribution in [3.63, 3.8) is 0 Å². The molecule has 25 heavy (non-hydrogen) atoms. The molecule has 8 heteroatoms. The molecule has 0 aliphatic carbocycles. The van der Waals surface area contributed by atoms with Crippen LogP contribution in [0.5, 0.6) is 0 Å². The summed E-state index contributed by atoms with van der Waals surface area (Å²) in [5, 5.41) is 3.00. The summed E-state index contributed by atoms with van der Waals surface area (Å²) < 4.78 is 23.0. The van der Waals surface area contributed by atoms with Gasteiger partial charge in [-0.05, 0) is 30.5 Å². The van der Waals surface area contributed by atoms with Crippen molar-refractivity contribution in [2.24, 2.45) is 5.92 Å². The molecule has 0 saturated carbocycles. The van der Waals surface area contributed by atoms with Crippen LogP contribution in [0, 0.1) is 12.8 Å². The van der Waals surface area contributed by atoms with E-state index in [2.05, 4.69) is 15.3 Å². The highest BCUT2D eigenvalue weighted by atomic mass is 32.2. The van der Waals surface area contributed by atoms with Crippen molar-refractivity contribution in [1.82, 2.24) is 20.2 Å². The van der Waals surface area contributed by atoms with Gasteiger partial charge in [-0.1, -0.05) is 19.9 Å². The summed E-state index contributed by atoms with van der Waals surface area (Å²) in [5.74, 6) is 0.903. The number of fused-ring (bicyclic) bond motifs is 1. The number of aromatic nitrogens is 2. The van der Waals surface area contributed by atoms with E-state index in [-0.39, 0.29) is 42.6 Å². The quantitative estimate of drug-likeness (QED) is 0.871. The molecular formula is C17H24N4O3S. The molecule has 1 atom stereocenters. The van der Waals surface area contributed by atoms with Gasteiger partial charge in [-0.25, -0.2) is 18.2 Å². The molecule has 3 rings (SSSR count). The smallest absolute Gasteiger partial charge is 0.318 e. The zero-order valence-corrected chi connectivity index (χ0v) is 15.6. The lowest BCUT2D eigenvalue weighted by molar-refractivity contribution is 0.193. The molecule has 1 aromatic heterocycles. The number of hydrogen-bond acceptors (Lipinski definition) is 4. The Morgan fingerprint density at radius 3 is 2.60 bits per heavy atom. The van der Waals surface area contributed by atoms with Gasteiger partial charge in [0.1, 0.15) is 5.82 Å². The molecule has 0 spiro atoms. The second-order valence-electron chi connectivity index (χ2n) is 6.95. The van der Waals surface area contributed by atoms with E-state index >= 15 is 0 Å². The fourth-order valence-electron chi connectivity index (χ4n) is 2.98. The maximum Gasteiger partial charge on any atom is 0.318 e. The predicted octanol–water partition coefficient (Wildman–Crippen LogP) is 2.01. The van der Waals surface area contributed by atoms with Crippen LogP contribution in [-0.4, -0.2) is 53.9 Å². The van der Waals surface area contributed by atoms with Gasteiger partial charge in [0.25, 0.3) is 0 Å². The minimum atomic E-state index is -3.01. The van der Waals surface area contributed by atoms with E-state index in [0.29, 0.717) is 5.82 Å². The third kappa shape index (κ3) is 3.95. The topological polar surface area (TPSA) is 95.2 Å². The highest BCUT2D eigenvalue weighted by molar-refractivity contribution is 7.91. The first-order valence-electron chi connectivity index (χ1n) is 8.47. The Labute approximate surface area is 147 Å². The summed E-state index contributed by atoms with van der Waals surface area (Å²) in [5.41, 5.74) is 2.95. The number of hydrogen-bond donors (Lipinski definition) is 2. The van der Waals surface area contributed by atoms with Gasteiger partial charge in [0.2, 0.25) is 0 Å². The number of H-pyrrole nitrogens is 1. The normalized spacial score (nSPS) is 18.5. The van der Waals surface area contributed by atoms with Gasteiger partial charge in [0.05, 0.1) is 28.6 Å². The van der Waals surface area contributed by atoms with E-state index in [1.807, 2.05) is 39.0 Å². The first-order valence-corrected chi connectivity index (χ1v) is 10.3. The van der Waals surface area contributed by atoms with Crippen LogP contribution in [0.3, 0.4) is 0 Å². The molecule has 136 valence electrons. The van der Waals surface area contributed by atoms with Gasteiger partial charge in [-0.3, -0.25) is 0 Å². The lowest BCUT2D eigenvalue weighted by atomic mass is 10.0. The van der Waals surface area contributed by atoms with Crippen molar-refractivity contribution in [2.75, 3.05) is 24.6 Å². The number of rotatable bonds is 3. The fraction of sp³-hybridized carbons (Fsp3) is 0.529. The Kier molecular flexibility index (Phi) is 4.73. The van der Waals surface area contributed by atoms with Crippen LogP contribution in [0.15, 0.2) is 18.2 Å². The van der Waals surface area contributed by atoms with Crippen molar-refractivity contribution in [2.45, 2.75) is 26.8 Å². The Morgan fingerprint density at radius 2 is 1.96 bits per heavy atom. The minimum Gasteiger partial charge on any atom is -0.340 e. The van der Waals surface area contributed by atoms with Crippen molar-refractivity contribution in [3.05, 3.63) is 29.6 Å². The molecule has 1 fully saturated rings. The number of nitrogens with one attached hydrogen (secondary N) is 2. The number of aryl methyl sites for hydroxylation is 1. The van der Waals surface area contributed by atoms with Crippen LogP contribution in [0.25, 0.3) is 11.0 Å². The van der Waals surface area contributed by atoms with Crippen LogP contribution in [-0.2, 0) is 9.84 Å². The summed E-state index contributed by atoms with van der Waals surface area (Å²) in [6.45, 7) is 6.52. The predicted molar refractivity (Wildman–Crippen MR) is 97.2 cm³/mol. The Bertz CT molecular complexity index is 874. The zero-order valence-electron chi connectivity index (χ0n) is 14.7. The number of nitrogens with zero attached hydrogens (tertiary/aromatic N) is 2. The molecule has 2 amide bonds. The van der Waals surface area contributed by atoms with Crippen LogP contribution >= 0.6 is 0 Å². The summed E-state index contributed by atoms with van der Waals surface area (Å²) in [6.07, 6.45) is 0. The second-order valence-corrected chi connectivity index (χ2v) is 9.26. The third-order valence-corrected chi connectivity index (χ3v) is 6.14. The molecule has 2 aromatic rings. The number of carbonyl (C=O) groups excluding carboxylic acids is 1. The second kappa shape index (κ2) is 6.67. The van der Waals surface area contributed by atoms with Gasteiger partial charge in [-0.15, -0.1) is 0 Å². The van der Waals surface area contributed by atoms with E-state index in [1.165, 1.54) is 0 Å². The highest BCUT2D eigenvalue weighted by Gasteiger charge is 2.28. The van der Waals surface area contributed by atoms with Crippen molar-refractivity contribution in [3.8, 4) is 0 Å². The number of carbonyl (C=O) groups is 1. The molecule has 2 N–H and O–H groups in total. The number of sulfone groups is 1. The summed E-state index contributed by atoms with van der Waals surface area (Å²) in [7, 11) is -3.01. The van der Waals surface area contributed by atoms with Crippen molar-refractivity contribution in [1.29, 1.82) is 0 Å². The molecule has 0 bridgehead atoms. The van der Waals surface area contributed by atoms with Crippen LogP contribution in [0.2, 0.25) is 0 Å². The molecular weight excluding hydrogens is 340 g/mol. The Balaban J connectivity index is 1.77. The lowest BCUT2D eigenvalue weighted by Crippen LogP contribution is -2.49. The minimum absolute atomic E-state index is 0.0245. The molecule has 2 heterocycles. The van der Waals surface area contributed by atoms with Crippen molar-refractivity contribution < 1.29 is 13.2 Å². The Morgan fingerprint density at radius 1 is 1.28 bits per heavy atom. The molecule has 7 nitrogen and oxygen atoms in total. The van der Waals surface area contributed by atoms with E-state index in [0.717, 1.165) is 16.6 Å². The number of amides is 2. The van der Waals surface area contributed by atoms with Gasteiger partial charge < -0.3 is 15.2 Å². The first-order chi connectivity index (χ1) is 11.7. The average Bonchev–Trinajstić information content (AvgIpc) is 2.94. The van der Waals surface area contributed by atoms with Gasteiger partial charge in [0, 0.05) is 13.1 Å². The maximum atomic E-state index is 12.5. The van der Waals surface area contributed by atoms with Crippen LogP contribution in [0.4, 0.5) is 4.79 Å². The van der Waals surface area contributed by atoms with Crippen LogP contribution in [0.1, 0.15) is 31.3 Å². The summed E-state index contributed by atoms with van der Waals surface area (Å²) in [4.78, 5) is 22.0. The number of imidazole rings is 1. The SMILES string of the molecule is Cc1ccc2nc(C(NC(=O)N3CCS(=O)(=O)CC3)C(C)C)[nH]c2c1. The fourth-order valence-corrected chi connectivity index (χ4v) is 4.18. The molecule has 1 aliphatic heterocycles. The third-order valence-electron chi connectivity index (χ3n) is 4.53. The van der Waals surface area contributed by atoms with Crippen molar-refractivity contribution >= 4 is 26.9 Å². The first kappa shape index (κ1) is 17.7. The van der Waals surface area contributed by atoms with Gasteiger partial charge >= 0.3 is 6.03 Å². The largest absolute Gasteiger partial charge is 0.340 e.